The molecule has 6 heteroatoms. The Labute approximate surface area is 146 Å². The van der Waals surface area contributed by atoms with Gasteiger partial charge in [0.2, 0.25) is 0 Å². The number of hydrogen-bond donors (Lipinski definition) is 1. The molecule has 1 saturated heterocycles. The quantitative estimate of drug-likeness (QED) is 0.921. The van der Waals surface area contributed by atoms with Crippen molar-refractivity contribution in [3.8, 4) is 0 Å². The van der Waals surface area contributed by atoms with E-state index < -0.39 is 0 Å². The number of benzene rings is 1. The summed E-state index contributed by atoms with van der Waals surface area (Å²) in [6.07, 6.45) is 3.76. The molecule has 1 aromatic heterocycles. The second-order valence-corrected chi connectivity index (χ2v) is 6.66. The number of nitrogens with one attached hydrogen (secondary N) is 1. The number of ether oxygens (including phenoxy) is 1. The summed E-state index contributed by atoms with van der Waals surface area (Å²) >= 11 is 6.12. The lowest BCUT2D eigenvalue weighted by Crippen LogP contribution is -2.29. The Kier molecular flexibility index (Phi) is 5.21. The highest BCUT2D eigenvalue weighted by Crippen LogP contribution is 2.34. The predicted molar refractivity (Wildman–Crippen MR) is 95.6 cm³/mol. The molecule has 1 aromatic carbocycles. The van der Waals surface area contributed by atoms with E-state index in [-0.39, 0.29) is 16.7 Å². The minimum atomic E-state index is -0.295. The van der Waals surface area contributed by atoms with Gasteiger partial charge in [-0.25, -0.2) is 4.68 Å². The van der Waals surface area contributed by atoms with Crippen molar-refractivity contribution in [3.05, 3.63) is 57.0 Å². The molecule has 0 aliphatic carbocycles. The first-order chi connectivity index (χ1) is 11.6. The maximum absolute atomic E-state index is 11.9. The summed E-state index contributed by atoms with van der Waals surface area (Å²) in [6, 6.07) is 8.48. The number of nitrogens with zero attached hydrogens (tertiary/aromatic N) is 2. The number of halogens is 1. The van der Waals surface area contributed by atoms with Gasteiger partial charge in [-0.05, 0) is 25.3 Å². The molecule has 0 amide bonds. The molecule has 2 unspecified atom stereocenters. The summed E-state index contributed by atoms with van der Waals surface area (Å²) in [6.45, 7) is 3.55. The molecule has 0 spiro atoms. The smallest absolute Gasteiger partial charge is 0.287 e. The minimum absolute atomic E-state index is 0.0603. The van der Waals surface area contributed by atoms with Crippen molar-refractivity contribution in [2.24, 2.45) is 13.0 Å². The maximum Gasteiger partial charge on any atom is 0.287 e. The fourth-order valence-corrected chi connectivity index (χ4v) is 3.29. The second-order valence-electron chi connectivity index (χ2n) is 6.29. The molecule has 24 heavy (non-hydrogen) atoms. The van der Waals surface area contributed by atoms with Crippen molar-refractivity contribution in [1.82, 2.24) is 9.78 Å². The summed E-state index contributed by atoms with van der Waals surface area (Å²) in [7, 11) is 1.58. The van der Waals surface area contributed by atoms with Crippen LogP contribution in [0.3, 0.4) is 0 Å². The highest BCUT2D eigenvalue weighted by Gasteiger charge is 2.27. The highest BCUT2D eigenvalue weighted by molar-refractivity contribution is 6.32. The van der Waals surface area contributed by atoms with Crippen LogP contribution < -0.4 is 10.9 Å². The van der Waals surface area contributed by atoms with E-state index in [1.807, 2.05) is 0 Å². The van der Waals surface area contributed by atoms with E-state index >= 15 is 0 Å². The van der Waals surface area contributed by atoms with Crippen LogP contribution >= 0.6 is 11.6 Å². The monoisotopic (exact) mass is 347 g/mol. The van der Waals surface area contributed by atoms with Gasteiger partial charge in [0.1, 0.15) is 5.02 Å². The van der Waals surface area contributed by atoms with Crippen LogP contribution in [0.25, 0.3) is 0 Å². The Hall–Kier alpha value is -1.85. The topological polar surface area (TPSA) is 56.1 Å². The van der Waals surface area contributed by atoms with Gasteiger partial charge in [-0.2, -0.15) is 5.10 Å². The van der Waals surface area contributed by atoms with Gasteiger partial charge in [0.25, 0.3) is 5.56 Å². The molecular weight excluding hydrogens is 326 g/mol. The summed E-state index contributed by atoms with van der Waals surface area (Å²) in [5, 5.41) is 7.47. The number of hydrogen-bond acceptors (Lipinski definition) is 4. The SMILES string of the molecule is Cc1ccc(C2OCCCC2CNc2cnn(C)c(=O)c2Cl)cc1. The van der Waals surface area contributed by atoms with Crippen LogP contribution in [0.1, 0.15) is 30.1 Å². The van der Waals surface area contributed by atoms with Crippen molar-refractivity contribution in [2.45, 2.75) is 25.9 Å². The first-order valence-electron chi connectivity index (χ1n) is 8.20. The molecule has 1 aliphatic heterocycles. The Morgan fingerprint density at radius 1 is 1.38 bits per heavy atom. The third kappa shape index (κ3) is 3.62. The van der Waals surface area contributed by atoms with Crippen molar-refractivity contribution >= 4 is 17.3 Å². The van der Waals surface area contributed by atoms with Crippen LogP contribution in [-0.4, -0.2) is 22.9 Å². The summed E-state index contributed by atoms with van der Waals surface area (Å²) in [4.78, 5) is 11.9. The van der Waals surface area contributed by atoms with E-state index in [0.717, 1.165) is 19.4 Å². The molecule has 1 aliphatic rings. The average Bonchev–Trinajstić information content (AvgIpc) is 2.60. The standard InChI is InChI=1S/C18H22ClN3O2/c1-12-5-7-13(8-6-12)17-14(4-3-9-24-17)10-20-15-11-21-22(2)18(23)16(15)19/h5-8,11,14,17,20H,3-4,9-10H2,1-2H3. The van der Waals surface area contributed by atoms with Gasteiger partial charge in [0, 0.05) is 26.1 Å². The molecule has 128 valence electrons. The van der Waals surface area contributed by atoms with Gasteiger partial charge < -0.3 is 10.1 Å². The summed E-state index contributed by atoms with van der Waals surface area (Å²) in [5.74, 6) is 0.321. The van der Waals surface area contributed by atoms with Crippen molar-refractivity contribution in [2.75, 3.05) is 18.5 Å². The lowest BCUT2D eigenvalue weighted by molar-refractivity contribution is -0.0238. The lowest BCUT2D eigenvalue weighted by atomic mass is 9.89. The molecular formula is C18H22ClN3O2. The van der Waals surface area contributed by atoms with Crippen molar-refractivity contribution in [3.63, 3.8) is 0 Å². The van der Waals surface area contributed by atoms with Gasteiger partial charge in [-0.15, -0.1) is 0 Å². The lowest BCUT2D eigenvalue weighted by Gasteiger charge is -2.32. The Morgan fingerprint density at radius 3 is 2.88 bits per heavy atom. The van der Waals surface area contributed by atoms with E-state index in [1.165, 1.54) is 15.8 Å². The zero-order valence-corrected chi connectivity index (χ0v) is 14.7. The van der Waals surface area contributed by atoms with Crippen molar-refractivity contribution in [1.29, 1.82) is 0 Å². The van der Waals surface area contributed by atoms with E-state index in [0.29, 0.717) is 18.2 Å². The third-order valence-corrected chi connectivity index (χ3v) is 4.85. The second kappa shape index (κ2) is 7.36. The molecule has 2 atom stereocenters. The maximum atomic E-state index is 11.9. The molecule has 1 fully saturated rings. The highest BCUT2D eigenvalue weighted by atomic mass is 35.5. The zero-order chi connectivity index (χ0) is 17.1. The Bertz CT molecular complexity index is 758. The van der Waals surface area contributed by atoms with E-state index in [2.05, 4.69) is 41.6 Å². The average molecular weight is 348 g/mol. The molecule has 0 saturated carbocycles. The predicted octanol–water partition coefficient (Wildman–Crippen LogP) is 3.32. The number of rotatable bonds is 4. The van der Waals surface area contributed by atoms with Crippen LogP contribution in [0.2, 0.25) is 5.02 Å². The van der Waals surface area contributed by atoms with Gasteiger partial charge in [-0.3, -0.25) is 4.79 Å². The Morgan fingerprint density at radius 2 is 2.12 bits per heavy atom. The van der Waals surface area contributed by atoms with Crippen LogP contribution in [0.15, 0.2) is 35.3 Å². The minimum Gasteiger partial charge on any atom is -0.382 e. The Balaban J connectivity index is 1.74. The fourth-order valence-electron chi connectivity index (χ4n) is 3.05. The third-order valence-electron chi connectivity index (χ3n) is 4.48. The molecule has 2 heterocycles. The van der Waals surface area contributed by atoms with Gasteiger partial charge in [0.05, 0.1) is 18.0 Å². The molecule has 0 radical (unpaired) electrons. The fraction of sp³-hybridized carbons (Fsp3) is 0.444. The van der Waals surface area contributed by atoms with E-state index in [4.69, 9.17) is 16.3 Å². The first-order valence-corrected chi connectivity index (χ1v) is 8.58. The van der Waals surface area contributed by atoms with Gasteiger partial charge in [-0.1, -0.05) is 41.4 Å². The normalized spacial score (nSPS) is 20.8. The molecule has 0 bridgehead atoms. The molecule has 5 nitrogen and oxygen atoms in total. The summed E-state index contributed by atoms with van der Waals surface area (Å²) in [5.41, 5.74) is 2.71. The van der Waals surface area contributed by atoms with Crippen LogP contribution in [-0.2, 0) is 11.8 Å². The number of aromatic nitrogens is 2. The molecule has 2 aromatic rings. The van der Waals surface area contributed by atoms with Crippen molar-refractivity contribution < 1.29 is 4.74 Å². The van der Waals surface area contributed by atoms with Gasteiger partial charge >= 0.3 is 0 Å². The van der Waals surface area contributed by atoms with Crippen LogP contribution in [0.4, 0.5) is 5.69 Å². The first kappa shape index (κ1) is 17.0. The van der Waals surface area contributed by atoms with Crippen LogP contribution in [0, 0.1) is 12.8 Å². The van der Waals surface area contributed by atoms with Crippen LogP contribution in [0.5, 0.6) is 0 Å². The number of aryl methyl sites for hydroxylation is 2. The number of anilines is 1. The molecule has 1 N–H and O–H groups in total. The van der Waals surface area contributed by atoms with E-state index in [9.17, 15) is 4.79 Å². The zero-order valence-electron chi connectivity index (χ0n) is 14.0. The van der Waals surface area contributed by atoms with E-state index in [1.54, 1.807) is 13.2 Å². The van der Waals surface area contributed by atoms with Gasteiger partial charge in [0.15, 0.2) is 0 Å². The summed E-state index contributed by atoms with van der Waals surface area (Å²) < 4.78 is 7.25. The molecule has 3 rings (SSSR count). The largest absolute Gasteiger partial charge is 0.382 e.